The zero-order valence-electron chi connectivity index (χ0n) is 17.2. The summed E-state index contributed by atoms with van der Waals surface area (Å²) in [6.07, 6.45) is -1.11. The van der Waals surface area contributed by atoms with Crippen molar-refractivity contribution in [3.05, 3.63) is 93.5 Å². The molecule has 0 aliphatic carbocycles. The minimum absolute atomic E-state index is 0.0297. The van der Waals surface area contributed by atoms with Gasteiger partial charge in [0.25, 0.3) is 17.7 Å². The van der Waals surface area contributed by atoms with Crippen LogP contribution in [0.4, 0.5) is 11.4 Å². The van der Waals surface area contributed by atoms with Crippen molar-refractivity contribution >= 4 is 58.3 Å². The summed E-state index contributed by atoms with van der Waals surface area (Å²) in [6, 6.07) is 16.9. The molecule has 4 rings (SSSR count). The number of hydrogen-bond donors (Lipinski definition) is 1. The molecule has 9 heteroatoms. The van der Waals surface area contributed by atoms with Gasteiger partial charge in [-0.1, -0.05) is 35.3 Å². The van der Waals surface area contributed by atoms with Crippen LogP contribution in [0.15, 0.2) is 66.7 Å². The van der Waals surface area contributed by atoms with Crippen molar-refractivity contribution in [1.82, 2.24) is 0 Å². The molecule has 1 unspecified atom stereocenters. The second kappa shape index (κ2) is 9.05. The monoisotopic (exact) mass is 482 g/mol. The summed E-state index contributed by atoms with van der Waals surface area (Å²) in [7, 11) is 0. The number of hydrogen-bond acceptors (Lipinski definition) is 5. The van der Waals surface area contributed by atoms with Gasteiger partial charge in [-0.3, -0.25) is 14.4 Å². The largest absolute Gasteiger partial charge is 0.449 e. The SMILES string of the molecule is CC(OC(=O)c1ccc2c(c1)C(=O)N(c1ccccc1Cl)C2=O)C(=O)Nc1ccc(Cl)cc1. The van der Waals surface area contributed by atoms with E-state index in [4.69, 9.17) is 27.9 Å². The van der Waals surface area contributed by atoms with E-state index in [1.807, 2.05) is 0 Å². The Hall–Kier alpha value is -3.68. The molecule has 3 aromatic carbocycles. The number of para-hydroxylation sites is 1. The Labute approximate surface area is 198 Å². The molecule has 0 saturated heterocycles. The third-order valence-electron chi connectivity index (χ3n) is 4.98. The van der Waals surface area contributed by atoms with Crippen molar-refractivity contribution < 1.29 is 23.9 Å². The standard InChI is InChI=1S/C24H16Cl2N2O5/c1-13(21(29)27-16-9-7-15(25)8-10-16)33-24(32)14-6-11-17-18(12-14)23(31)28(22(17)30)20-5-3-2-4-19(20)26/h2-13H,1H3,(H,27,29). The van der Waals surface area contributed by atoms with Gasteiger partial charge < -0.3 is 10.1 Å². The van der Waals surface area contributed by atoms with Gasteiger partial charge in [0, 0.05) is 10.7 Å². The smallest absolute Gasteiger partial charge is 0.338 e. The molecule has 0 saturated carbocycles. The second-order valence-corrected chi connectivity index (χ2v) is 8.04. The molecule has 0 spiro atoms. The predicted octanol–water partition coefficient (Wildman–Crippen LogP) is 4.98. The number of nitrogens with one attached hydrogen (secondary N) is 1. The van der Waals surface area contributed by atoms with Gasteiger partial charge in [-0.2, -0.15) is 0 Å². The van der Waals surface area contributed by atoms with Crippen molar-refractivity contribution in [3.63, 3.8) is 0 Å². The number of carbonyl (C=O) groups is 4. The molecular weight excluding hydrogens is 467 g/mol. The fourth-order valence-electron chi connectivity index (χ4n) is 3.28. The molecule has 0 bridgehead atoms. The lowest BCUT2D eigenvalue weighted by atomic mass is 10.1. The minimum Gasteiger partial charge on any atom is -0.449 e. The number of carbonyl (C=O) groups excluding carboxylic acids is 4. The molecule has 1 atom stereocenters. The first kappa shape index (κ1) is 22.5. The molecule has 3 aromatic rings. The Kier molecular flexibility index (Phi) is 6.18. The molecule has 1 heterocycles. The van der Waals surface area contributed by atoms with Crippen molar-refractivity contribution in [2.45, 2.75) is 13.0 Å². The summed E-state index contributed by atoms with van der Waals surface area (Å²) in [5, 5.41) is 3.38. The molecule has 166 valence electrons. The molecule has 0 fully saturated rings. The van der Waals surface area contributed by atoms with Gasteiger partial charge in [0.1, 0.15) is 0 Å². The summed E-state index contributed by atoms with van der Waals surface area (Å²) in [5.74, 6) is -2.50. The van der Waals surface area contributed by atoms with Gasteiger partial charge >= 0.3 is 5.97 Å². The van der Waals surface area contributed by atoms with Crippen molar-refractivity contribution in [3.8, 4) is 0 Å². The van der Waals surface area contributed by atoms with E-state index in [9.17, 15) is 19.2 Å². The molecule has 33 heavy (non-hydrogen) atoms. The first-order valence-corrected chi connectivity index (χ1v) is 10.6. The normalized spacial score (nSPS) is 13.5. The number of halogens is 2. The number of nitrogens with zero attached hydrogens (tertiary/aromatic N) is 1. The van der Waals surface area contributed by atoms with Crippen LogP contribution in [0.5, 0.6) is 0 Å². The maximum Gasteiger partial charge on any atom is 0.338 e. The van der Waals surface area contributed by atoms with Crippen molar-refractivity contribution in [1.29, 1.82) is 0 Å². The van der Waals surface area contributed by atoms with Crippen LogP contribution in [-0.4, -0.2) is 29.8 Å². The third-order valence-corrected chi connectivity index (χ3v) is 5.55. The van der Waals surface area contributed by atoms with Gasteiger partial charge in [0.05, 0.1) is 27.4 Å². The number of fused-ring (bicyclic) bond motifs is 1. The van der Waals surface area contributed by atoms with Crippen LogP contribution < -0.4 is 10.2 Å². The van der Waals surface area contributed by atoms with Crippen LogP contribution >= 0.6 is 23.2 Å². The maximum absolute atomic E-state index is 12.9. The summed E-state index contributed by atoms with van der Waals surface area (Å²) in [5.41, 5.74) is 0.968. The first-order valence-electron chi connectivity index (χ1n) is 9.81. The van der Waals surface area contributed by atoms with Gasteiger partial charge in [-0.05, 0) is 61.5 Å². The molecular formula is C24H16Cl2N2O5. The van der Waals surface area contributed by atoms with Gasteiger partial charge in [0.15, 0.2) is 6.10 Å². The summed E-state index contributed by atoms with van der Waals surface area (Å²) in [4.78, 5) is 51.6. The molecule has 1 aliphatic rings. The van der Waals surface area contributed by atoms with Crippen LogP contribution in [0.1, 0.15) is 38.0 Å². The molecule has 3 amide bonds. The fourth-order valence-corrected chi connectivity index (χ4v) is 3.63. The third kappa shape index (κ3) is 4.46. The highest BCUT2D eigenvalue weighted by atomic mass is 35.5. The van der Waals surface area contributed by atoms with E-state index in [0.29, 0.717) is 10.7 Å². The first-order chi connectivity index (χ1) is 15.8. The van der Waals surface area contributed by atoms with E-state index in [0.717, 1.165) is 4.90 Å². The molecule has 1 aliphatic heterocycles. The minimum atomic E-state index is -1.11. The number of benzene rings is 3. The average molecular weight is 483 g/mol. The number of ether oxygens (including phenoxy) is 1. The van der Waals surface area contributed by atoms with E-state index in [-0.39, 0.29) is 27.4 Å². The average Bonchev–Trinajstić information content (AvgIpc) is 3.05. The Morgan fingerprint density at radius 1 is 0.909 bits per heavy atom. The Morgan fingerprint density at radius 2 is 1.58 bits per heavy atom. The zero-order chi connectivity index (χ0) is 23.7. The number of esters is 1. The summed E-state index contributed by atoms with van der Waals surface area (Å²) >= 11 is 12.0. The van der Waals surface area contributed by atoms with Crippen LogP contribution in [0, 0.1) is 0 Å². The van der Waals surface area contributed by atoms with Crippen LogP contribution in [-0.2, 0) is 9.53 Å². The topological polar surface area (TPSA) is 92.8 Å². The lowest BCUT2D eigenvalue weighted by Gasteiger charge is -2.15. The quantitative estimate of drug-likeness (QED) is 0.408. The van der Waals surface area contributed by atoms with Gasteiger partial charge in [-0.25, -0.2) is 9.69 Å². The highest BCUT2D eigenvalue weighted by Crippen LogP contribution is 2.33. The van der Waals surface area contributed by atoms with E-state index >= 15 is 0 Å². The van der Waals surface area contributed by atoms with Crippen LogP contribution in [0.25, 0.3) is 0 Å². The molecule has 7 nitrogen and oxygen atoms in total. The molecule has 0 radical (unpaired) electrons. The second-order valence-electron chi connectivity index (χ2n) is 7.20. The Balaban J connectivity index is 1.49. The van der Waals surface area contributed by atoms with Crippen LogP contribution in [0.2, 0.25) is 10.0 Å². The number of rotatable bonds is 5. The highest BCUT2D eigenvalue weighted by Gasteiger charge is 2.38. The number of anilines is 2. The Morgan fingerprint density at radius 3 is 2.27 bits per heavy atom. The Bertz CT molecular complexity index is 1290. The summed E-state index contributed by atoms with van der Waals surface area (Å²) in [6.45, 7) is 1.42. The van der Waals surface area contributed by atoms with E-state index in [1.54, 1.807) is 48.5 Å². The molecule has 1 N–H and O–H groups in total. The van der Waals surface area contributed by atoms with E-state index < -0.39 is 29.8 Å². The summed E-state index contributed by atoms with van der Waals surface area (Å²) < 4.78 is 5.24. The predicted molar refractivity (Wildman–Crippen MR) is 124 cm³/mol. The van der Waals surface area contributed by atoms with Crippen molar-refractivity contribution in [2.75, 3.05) is 10.2 Å². The highest BCUT2D eigenvalue weighted by molar-refractivity contribution is 6.39. The van der Waals surface area contributed by atoms with E-state index in [2.05, 4.69) is 5.32 Å². The lowest BCUT2D eigenvalue weighted by Crippen LogP contribution is -2.30. The van der Waals surface area contributed by atoms with Gasteiger partial charge in [0.2, 0.25) is 0 Å². The van der Waals surface area contributed by atoms with Crippen LogP contribution in [0.3, 0.4) is 0 Å². The lowest BCUT2D eigenvalue weighted by molar-refractivity contribution is -0.123. The number of imide groups is 1. The fraction of sp³-hybridized carbons (Fsp3) is 0.0833. The van der Waals surface area contributed by atoms with Gasteiger partial charge in [-0.15, -0.1) is 0 Å². The zero-order valence-corrected chi connectivity index (χ0v) is 18.7. The van der Waals surface area contributed by atoms with Crippen molar-refractivity contribution in [2.24, 2.45) is 0 Å². The molecule has 0 aromatic heterocycles. The maximum atomic E-state index is 12.9. The van der Waals surface area contributed by atoms with E-state index in [1.165, 1.54) is 25.1 Å². The number of amides is 3.